The molecule has 0 unspecified atom stereocenters. The monoisotopic (exact) mass is 412 g/mol. The van der Waals surface area contributed by atoms with Gasteiger partial charge in [-0.05, 0) is 53.4 Å². The van der Waals surface area contributed by atoms with Crippen molar-refractivity contribution >= 4 is 34.1 Å². The van der Waals surface area contributed by atoms with Crippen LogP contribution in [0.1, 0.15) is 52.6 Å². The molecule has 156 valence electrons. The van der Waals surface area contributed by atoms with Crippen LogP contribution in [0.3, 0.4) is 0 Å². The molecule has 0 saturated carbocycles. The molecule has 3 aromatic carbocycles. The molecule has 0 radical (unpaired) electrons. The highest BCUT2D eigenvalue weighted by atomic mass is 16.2. The summed E-state index contributed by atoms with van der Waals surface area (Å²) in [6.07, 6.45) is 1.58. The number of fused-ring (bicyclic) bond motifs is 1. The number of aromatic amines is 1. The topological polar surface area (TPSA) is 101 Å². The molecule has 4 rings (SSSR count). The van der Waals surface area contributed by atoms with Crippen molar-refractivity contribution in [2.75, 3.05) is 11.1 Å². The SMILES string of the molecule is CC(C)(C)c1ccc(C(=O)Nc2c(N)cccc2C(=O)c2ccc3nc[nH]c3c2)cc1. The number of para-hydroxylation sites is 1. The molecule has 0 fully saturated rings. The Morgan fingerprint density at radius 1 is 0.968 bits per heavy atom. The fourth-order valence-electron chi connectivity index (χ4n) is 3.44. The van der Waals surface area contributed by atoms with E-state index in [0.29, 0.717) is 28.1 Å². The van der Waals surface area contributed by atoms with E-state index in [2.05, 4.69) is 36.1 Å². The third-order valence-electron chi connectivity index (χ3n) is 5.28. The molecule has 0 spiro atoms. The summed E-state index contributed by atoms with van der Waals surface area (Å²) in [5, 5.41) is 2.83. The van der Waals surface area contributed by atoms with Crippen LogP contribution in [0.5, 0.6) is 0 Å². The van der Waals surface area contributed by atoms with Crippen molar-refractivity contribution in [1.29, 1.82) is 0 Å². The number of nitrogens with one attached hydrogen (secondary N) is 2. The molecule has 6 heteroatoms. The number of benzene rings is 3. The van der Waals surface area contributed by atoms with Crippen LogP contribution in [0.2, 0.25) is 0 Å². The summed E-state index contributed by atoms with van der Waals surface area (Å²) in [5.41, 5.74) is 10.7. The highest BCUT2D eigenvalue weighted by Gasteiger charge is 2.19. The van der Waals surface area contributed by atoms with Gasteiger partial charge in [-0.15, -0.1) is 0 Å². The van der Waals surface area contributed by atoms with E-state index in [4.69, 9.17) is 5.73 Å². The van der Waals surface area contributed by atoms with Crippen molar-refractivity contribution in [1.82, 2.24) is 9.97 Å². The maximum atomic E-state index is 13.2. The van der Waals surface area contributed by atoms with Crippen LogP contribution >= 0.6 is 0 Å². The number of H-pyrrole nitrogens is 1. The van der Waals surface area contributed by atoms with Crippen LogP contribution in [0.15, 0.2) is 67.0 Å². The van der Waals surface area contributed by atoms with Gasteiger partial charge >= 0.3 is 0 Å². The van der Waals surface area contributed by atoms with Gasteiger partial charge in [-0.2, -0.15) is 0 Å². The minimum atomic E-state index is -0.323. The van der Waals surface area contributed by atoms with Crippen LogP contribution in [-0.4, -0.2) is 21.7 Å². The van der Waals surface area contributed by atoms with Crippen molar-refractivity contribution in [3.63, 3.8) is 0 Å². The highest BCUT2D eigenvalue weighted by Crippen LogP contribution is 2.28. The molecule has 6 nitrogen and oxygen atoms in total. The maximum absolute atomic E-state index is 13.2. The van der Waals surface area contributed by atoms with E-state index in [0.717, 1.165) is 16.6 Å². The molecule has 1 aromatic heterocycles. The number of imidazole rings is 1. The van der Waals surface area contributed by atoms with Crippen LogP contribution < -0.4 is 11.1 Å². The van der Waals surface area contributed by atoms with Gasteiger partial charge in [0.2, 0.25) is 0 Å². The van der Waals surface area contributed by atoms with E-state index in [1.54, 1.807) is 54.9 Å². The predicted molar refractivity (Wildman–Crippen MR) is 123 cm³/mol. The molecule has 0 atom stereocenters. The summed E-state index contributed by atoms with van der Waals surface area (Å²) < 4.78 is 0. The standard InChI is InChI=1S/C25H24N4O2/c1-25(2,3)17-10-7-15(8-11-17)24(31)29-22-18(5-4-6-19(22)26)23(30)16-9-12-20-21(13-16)28-14-27-20/h4-14H,26H2,1-3H3,(H,27,28)(H,29,31). The van der Waals surface area contributed by atoms with Gasteiger partial charge in [0.25, 0.3) is 5.91 Å². The van der Waals surface area contributed by atoms with E-state index in [-0.39, 0.29) is 17.1 Å². The van der Waals surface area contributed by atoms with Gasteiger partial charge in [-0.1, -0.05) is 39.0 Å². The van der Waals surface area contributed by atoms with Crippen molar-refractivity contribution in [3.8, 4) is 0 Å². The van der Waals surface area contributed by atoms with Gasteiger partial charge in [-0.3, -0.25) is 9.59 Å². The zero-order valence-electron chi connectivity index (χ0n) is 17.7. The second kappa shape index (κ2) is 7.72. The Morgan fingerprint density at radius 2 is 1.68 bits per heavy atom. The summed E-state index contributed by atoms with van der Waals surface area (Å²) >= 11 is 0. The number of aromatic nitrogens is 2. The molecule has 31 heavy (non-hydrogen) atoms. The zero-order chi connectivity index (χ0) is 22.2. The lowest BCUT2D eigenvalue weighted by atomic mass is 9.86. The van der Waals surface area contributed by atoms with Gasteiger partial charge in [-0.25, -0.2) is 4.98 Å². The predicted octanol–water partition coefficient (Wildman–Crippen LogP) is 4.93. The van der Waals surface area contributed by atoms with E-state index < -0.39 is 0 Å². The van der Waals surface area contributed by atoms with Crippen molar-refractivity contribution in [3.05, 3.63) is 89.2 Å². The normalized spacial score (nSPS) is 11.5. The first kappa shape index (κ1) is 20.3. The Bertz CT molecular complexity index is 1280. The Morgan fingerprint density at radius 3 is 2.39 bits per heavy atom. The number of nitrogens with zero attached hydrogens (tertiary/aromatic N) is 1. The summed E-state index contributed by atoms with van der Waals surface area (Å²) in [6, 6.07) is 17.7. The van der Waals surface area contributed by atoms with Gasteiger partial charge in [0, 0.05) is 16.7 Å². The van der Waals surface area contributed by atoms with Crippen molar-refractivity contribution in [2.45, 2.75) is 26.2 Å². The molecule has 1 heterocycles. The maximum Gasteiger partial charge on any atom is 0.255 e. The number of amides is 1. The second-order valence-corrected chi connectivity index (χ2v) is 8.51. The van der Waals surface area contributed by atoms with Crippen LogP contribution in [0, 0.1) is 0 Å². The lowest BCUT2D eigenvalue weighted by molar-refractivity contribution is 0.102. The Hall–Kier alpha value is -3.93. The molecule has 0 saturated heterocycles. The largest absolute Gasteiger partial charge is 0.397 e. The molecule has 1 amide bonds. The Kier molecular flexibility index (Phi) is 5.07. The number of hydrogen-bond donors (Lipinski definition) is 3. The number of rotatable bonds is 4. The number of hydrogen-bond acceptors (Lipinski definition) is 4. The molecule has 4 aromatic rings. The Labute approximate surface area is 180 Å². The van der Waals surface area contributed by atoms with E-state index in [1.807, 2.05) is 12.1 Å². The average Bonchev–Trinajstić information content (AvgIpc) is 3.22. The first-order valence-corrected chi connectivity index (χ1v) is 10.0. The fraction of sp³-hybridized carbons (Fsp3) is 0.160. The lowest BCUT2D eigenvalue weighted by Gasteiger charge is -2.19. The summed E-state index contributed by atoms with van der Waals surface area (Å²) in [7, 11) is 0. The molecule has 0 aliphatic heterocycles. The molecule has 0 aliphatic carbocycles. The van der Waals surface area contributed by atoms with Crippen LogP contribution in [0.4, 0.5) is 11.4 Å². The number of anilines is 2. The van der Waals surface area contributed by atoms with E-state index in [9.17, 15) is 9.59 Å². The lowest BCUT2D eigenvalue weighted by Crippen LogP contribution is -2.17. The minimum Gasteiger partial charge on any atom is -0.397 e. The molecule has 0 aliphatic rings. The number of carbonyl (C=O) groups excluding carboxylic acids is 2. The summed E-state index contributed by atoms with van der Waals surface area (Å²) in [5.74, 6) is -0.557. The number of carbonyl (C=O) groups is 2. The van der Waals surface area contributed by atoms with E-state index >= 15 is 0 Å². The molecule has 4 N–H and O–H groups in total. The average molecular weight is 412 g/mol. The van der Waals surface area contributed by atoms with Crippen molar-refractivity contribution < 1.29 is 9.59 Å². The fourth-order valence-corrected chi connectivity index (χ4v) is 3.44. The van der Waals surface area contributed by atoms with Crippen LogP contribution in [0.25, 0.3) is 11.0 Å². The third-order valence-corrected chi connectivity index (χ3v) is 5.28. The number of nitrogen functional groups attached to an aromatic ring is 1. The number of nitrogens with two attached hydrogens (primary N) is 1. The third kappa shape index (κ3) is 4.05. The summed E-state index contributed by atoms with van der Waals surface area (Å²) in [6.45, 7) is 6.35. The minimum absolute atomic E-state index is 0.00574. The van der Waals surface area contributed by atoms with Gasteiger partial charge < -0.3 is 16.0 Å². The van der Waals surface area contributed by atoms with Crippen molar-refractivity contribution in [2.24, 2.45) is 0 Å². The zero-order valence-corrected chi connectivity index (χ0v) is 17.7. The Balaban J connectivity index is 1.64. The van der Waals surface area contributed by atoms with Gasteiger partial charge in [0.05, 0.1) is 28.7 Å². The quantitative estimate of drug-likeness (QED) is 0.327. The summed E-state index contributed by atoms with van der Waals surface area (Å²) in [4.78, 5) is 33.3. The number of ketones is 1. The van der Waals surface area contributed by atoms with Crippen LogP contribution in [-0.2, 0) is 5.41 Å². The molecular formula is C25H24N4O2. The van der Waals surface area contributed by atoms with E-state index in [1.165, 1.54) is 0 Å². The van der Waals surface area contributed by atoms with Gasteiger partial charge in [0.1, 0.15) is 0 Å². The highest BCUT2D eigenvalue weighted by molar-refractivity contribution is 6.17. The molecule has 0 bridgehead atoms. The smallest absolute Gasteiger partial charge is 0.255 e. The van der Waals surface area contributed by atoms with Gasteiger partial charge in [0.15, 0.2) is 5.78 Å². The second-order valence-electron chi connectivity index (χ2n) is 8.51. The first-order chi connectivity index (χ1) is 14.7. The first-order valence-electron chi connectivity index (χ1n) is 10.0. The molecular weight excluding hydrogens is 388 g/mol.